The highest BCUT2D eigenvalue weighted by molar-refractivity contribution is 6.38. The highest BCUT2D eigenvalue weighted by Crippen LogP contribution is 2.33. The average Bonchev–Trinajstić information content (AvgIpc) is 2.79. The van der Waals surface area contributed by atoms with Gasteiger partial charge >= 0.3 is 24.1 Å². The molecule has 2 rings (SSSR count). The molecule has 0 aliphatic rings. The average molecular weight is 575 g/mol. The Bertz CT molecular complexity index is 1160. The fraction of sp³-hybridized carbons (Fsp3) is 0.174. The van der Waals surface area contributed by atoms with Crippen LogP contribution in [0.1, 0.15) is 23.6 Å². The number of hydrogen-bond donors (Lipinski definition) is 3. The lowest BCUT2D eigenvalue weighted by Crippen LogP contribution is -2.29. The lowest BCUT2D eigenvalue weighted by molar-refractivity contribution is -0.139. The predicted molar refractivity (Wildman–Crippen MR) is 124 cm³/mol. The van der Waals surface area contributed by atoms with E-state index in [9.17, 15) is 40.7 Å². The summed E-state index contributed by atoms with van der Waals surface area (Å²) in [6.45, 7) is 1.35. The minimum absolute atomic E-state index is 0.0795. The maximum atomic E-state index is 12.6. The van der Waals surface area contributed by atoms with Crippen molar-refractivity contribution in [1.82, 2.24) is 0 Å². The van der Waals surface area contributed by atoms with Gasteiger partial charge in [-0.3, -0.25) is 4.79 Å². The lowest BCUT2D eigenvalue weighted by Gasteiger charge is -2.10. The van der Waals surface area contributed by atoms with Gasteiger partial charge in [-0.15, -0.1) is 23.2 Å². The molecule has 2 aromatic rings. The van der Waals surface area contributed by atoms with Crippen LogP contribution in [0.2, 0.25) is 0 Å². The van der Waals surface area contributed by atoms with Gasteiger partial charge in [-0.25, -0.2) is 22.8 Å². The minimum Gasteiger partial charge on any atom is -0.480 e. The van der Waals surface area contributed by atoms with E-state index in [2.05, 4.69) is 0 Å². The first-order chi connectivity index (χ1) is 16.9. The van der Waals surface area contributed by atoms with Gasteiger partial charge < -0.3 is 15.3 Å². The van der Waals surface area contributed by atoms with Gasteiger partial charge in [0.15, 0.2) is 16.5 Å². The van der Waals surface area contributed by atoms with Gasteiger partial charge in [0.2, 0.25) is 0 Å². The monoisotopic (exact) mass is 574 g/mol. The van der Waals surface area contributed by atoms with E-state index < -0.39 is 57.5 Å². The number of rotatable bonds is 6. The van der Waals surface area contributed by atoms with Crippen LogP contribution in [0.15, 0.2) is 48.6 Å². The smallest absolute Gasteiger partial charge is 0.417 e. The SMILES string of the molecule is CC(Cl)(CCl)C(=O)O.O=C(O)C=Cc1ccc(F)c(F)c1.O=C(O)C=Cc1ccc(F)cc1C(F)(F)F. The Morgan fingerprint density at radius 2 is 1.41 bits per heavy atom. The summed E-state index contributed by atoms with van der Waals surface area (Å²) in [4.78, 5) is 29.0. The predicted octanol–water partition coefficient (Wildman–Crippen LogP) is 6.31. The molecule has 37 heavy (non-hydrogen) atoms. The molecular weight excluding hydrogens is 557 g/mol. The second kappa shape index (κ2) is 14.9. The molecule has 0 radical (unpaired) electrons. The van der Waals surface area contributed by atoms with Crippen molar-refractivity contribution in [3.05, 3.63) is 82.7 Å². The lowest BCUT2D eigenvalue weighted by atomic mass is 10.1. The number of alkyl halides is 5. The number of benzene rings is 2. The number of carboxylic acids is 3. The zero-order chi connectivity index (χ0) is 29.0. The van der Waals surface area contributed by atoms with Crippen LogP contribution in [0, 0.1) is 17.5 Å². The zero-order valence-electron chi connectivity index (χ0n) is 18.6. The fourth-order valence-electron chi connectivity index (χ4n) is 1.92. The van der Waals surface area contributed by atoms with Crippen molar-refractivity contribution in [1.29, 1.82) is 0 Å². The summed E-state index contributed by atoms with van der Waals surface area (Å²) in [6, 6.07) is 5.18. The third kappa shape index (κ3) is 13.4. The van der Waals surface area contributed by atoms with Crippen molar-refractivity contribution < 1.29 is 56.0 Å². The fourth-order valence-corrected chi connectivity index (χ4v) is 2.04. The van der Waals surface area contributed by atoms with Crippen LogP contribution in [0.3, 0.4) is 0 Å². The Morgan fingerprint density at radius 3 is 1.81 bits per heavy atom. The van der Waals surface area contributed by atoms with E-state index in [1.165, 1.54) is 19.1 Å². The summed E-state index contributed by atoms with van der Waals surface area (Å²) >= 11 is 10.5. The van der Waals surface area contributed by atoms with Gasteiger partial charge in [0.05, 0.1) is 11.4 Å². The summed E-state index contributed by atoms with van der Waals surface area (Å²) in [5.41, 5.74) is -1.29. The van der Waals surface area contributed by atoms with Crippen LogP contribution in [-0.2, 0) is 20.6 Å². The highest BCUT2D eigenvalue weighted by atomic mass is 35.5. The van der Waals surface area contributed by atoms with Gasteiger partial charge in [0, 0.05) is 12.2 Å². The van der Waals surface area contributed by atoms with Crippen molar-refractivity contribution in [3.63, 3.8) is 0 Å². The molecule has 0 aliphatic heterocycles. The number of hydrogen-bond acceptors (Lipinski definition) is 3. The Balaban J connectivity index is 0.000000556. The molecule has 0 aromatic heterocycles. The normalized spacial score (nSPS) is 12.7. The maximum Gasteiger partial charge on any atom is 0.417 e. The van der Waals surface area contributed by atoms with Crippen molar-refractivity contribution in [2.24, 2.45) is 0 Å². The molecule has 0 saturated carbocycles. The van der Waals surface area contributed by atoms with Gasteiger partial charge in [0.25, 0.3) is 0 Å². The van der Waals surface area contributed by atoms with E-state index in [0.29, 0.717) is 17.7 Å². The van der Waals surface area contributed by atoms with E-state index in [-0.39, 0.29) is 5.88 Å². The number of carboxylic acid groups (broad SMARTS) is 3. The summed E-state index contributed by atoms with van der Waals surface area (Å²) in [5.74, 6) is -6.65. The molecule has 0 bridgehead atoms. The first-order valence-electron chi connectivity index (χ1n) is 9.52. The molecular formula is C23H18Cl2F6O6. The highest BCUT2D eigenvalue weighted by Gasteiger charge is 2.33. The van der Waals surface area contributed by atoms with Crippen molar-refractivity contribution >= 4 is 53.3 Å². The Morgan fingerprint density at radius 1 is 0.865 bits per heavy atom. The van der Waals surface area contributed by atoms with E-state index in [1.54, 1.807) is 0 Å². The van der Waals surface area contributed by atoms with Crippen molar-refractivity contribution in [3.8, 4) is 0 Å². The van der Waals surface area contributed by atoms with Gasteiger partial charge in [-0.1, -0.05) is 12.1 Å². The van der Waals surface area contributed by atoms with E-state index in [4.69, 9.17) is 38.5 Å². The molecule has 3 N–H and O–H groups in total. The van der Waals surface area contributed by atoms with Gasteiger partial charge in [-0.2, -0.15) is 13.2 Å². The molecule has 0 fully saturated rings. The van der Waals surface area contributed by atoms with Crippen molar-refractivity contribution in [2.75, 3.05) is 5.88 Å². The quantitative estimate of drug-likeness (QED) is 0.212. The van der Waals surface area contributed by atoms with Crippen LogP contribution in [0.25, 0.3) is 12.2 Å². The molecule has 14 heteroatoms. The van der Waals surface area contributed by atoms with Crippen LogP contribution >= 0.6 is 23.2 Å². The van der Waals surface area contributed by atoms with Gasteiger partial charge in [0.1, 0.15) is 5.82 Å². The molecule has 0 aliphatic carbocycles. The number of carbonyl (C=O) groups is 3. The first-order valence-corrected chi connectivity index (χ1v) is 10.4. The molecule has 0 amide bonds. The Kier molecular flexibility index (Phi) is 13.5. The van der Waals surface area contributed by atoms with E-state index >= 15 is 0 Å². The summed E-state index contributed by atoms with van der Waals surface area (Å²) in [6.07, 6.45) is -1.36. The van der Waals surface area contributed by atoms with E-state index in [0.717, 1.165) is 36.4 Å². The summed E-state index contributed by atoms with van der Waals surface area (Å²) < 4.78 is 74.8. The maximum absolute atomic E-state index is 12.6. The Hall–Kier alpha value is -3.51. The van der Waals surface area contributed by atoms with E-state index in [1.807, 2.05) is 0 Å². The summed E-state index contributed by atoms with van der Waals surface area (Å²) in [7, 11) is 0. The molecule has 0 spiro atoms. The second-order valence-electron chi connectivity index (χ2n) is 6.88. The molecule has 1 atom stereocenters. The van der Waals surface area contributed by atoms with Crippen molar-refractivity contribution in [2.45, 2.75) is 18.0 Å². The molecule has 0 saturated heterocycles. The molecule has 0 heterocycles. The minimum atomic E-state index is -4.72. The van der Waals surface area contributed by atoms with Crippen LogP contribution in [-0.4, -0.2) is 44.0 Å². The molecule has 2 aromatic carbocycles. The standard InChI is InChI=1S/C10H6F4O2.C9H6F2O2.C4H6Cl2O2/c11-7-3-1-6(2-4-9(15)16)8(5-7)10(12,13)14;10-7-3-1-6(5-8(7)11)2-4-9(12)13;1-4(6,2-5)3(7)8/h1-5H,(H,15,16);1-5H,(H,12,13);2H2,1H3,(H,7,8). The van der Waals surface area contributed by atoms with Crippen LogP contribution in [0.4, 0.5) is 26.3 Å². The third-order valence-corrected chi connectivity index (χ3v) is 4.75. The molecule has 1 unspecified atom stereocenters. The first kappa shape index (κ1) is 33.5. The second-order valence-corrected chi connectivity index (χ2v) is 7.98. The zero-order valence-corrected chi connectivity index (χ0v) is 20.1. The van der Waals surface area contributed by atoms with Crippen LogP contribution < -0.4 is 0 Å². The van der Waals surface area contributed by atoms with Gasteiger partial charge in [-0.05, 0) is 54.5 Å². The third-order valence-electron chi connectivity index (χ3n) is 3.79. The molecule has 202 valence electrons. The summed E-state index contributed by atoms with van der Waals surface area (Å²) in [5, 5.41) is 24.7. The van der Waals surface area contributed by atoms with Crippen LogP contribution in [0.5, 0.6) is 0 Å². The number of halogens is 8. The molecule has 6 nitrogen and oxygen atoms in total. The number of aliphatic carboxylic acids is 3. The topological polar surface area (TPSA) is 112 Å². The Labute approximate surface area is 216 Å². The largest absolute Gasteiger partial charge is 0.480 e.